The second kappa shape index (κ2) is 5.75. The van der Waals surface area contributed by atoms with Crippen molar-refractivity contribution in [3.8, 4) is 0 Å². The Balaban J connectivity index is 1.54. The van der Waals surface area contributed by atoms with Crippen molar-refractivity contribution in [1.29, 1.82) is 0 Å². The number of carboxylic acids is 1. The Labute approximate surface area is 125 Å². The van der Waals surface area contributed by atoms with Crippen LogP contribution in [0.2, 0.25) is 0 Å². The van der Waals surface area contributed by atoms with Crippen molar-refractivity contribution in [2.75, 3.05) is 13.1 Å². The van der Waals surface area contributed by atoms with E-state index in [4.69, 9.17) is 5.11 Å². The molecule has 1 N–H and O–H groups in total. The quantitative estimate of drug-likeness (QED) is 0.919. The molecular formula is C15H24N4O2. The van der Waals surface area contributed by atoms with Gasteiger partial charge in [0, 0.05) is 19.1 Å². The van der Waals surface area contributed by atoms with Gasteiger partial charge in [-0.05, 0) is 24.7 Å². The van der Waals surface area contributed by atoms with E-state index in [2.05, 4.69) is 29.1 Å². The van der Waals surface area contributed by atoms with Crippen molar-refractivity contribution in [2.24, 2.45) is 11.8 Å². The Kier molecular flexibility index (Phi) is 3.97. The summed E-state index contributed by atoms with van der Waals surface area (Å²) in [5, 5.41) is 16.5. The van der Waals surface area contributed by atoms with Gasteiger partial charge in [0.15, 0.2) is 5.69 Å². The SMILES string of the molecule is CC(C)C1CCCC(N2CC(n3cc(C(=O)O)nn3)C2)C1. The molecule has 2 atom stereocenters. The summed E-state index contributed by atoms with van der Waals surface area (Å²) >= 11 is 0. The van der Waals surface area contributed by atoms with Crippen LogP contribution in [-0.4, -0.2) is 50.1 Å². The molecule has 2 aliphatic rings. The number of carbonyl (C=O) groups is 1. The van der Waals surface area contributed by atoms with Crippen LogP contribution in [0.5, 0.6) is 0 Å². The van der Waals surface area contributed by atoms with Gasteiger partial charge in [0.2, 0.25) is 0 Å². The Bertz CT molecular complexity index is 508. The lowest BCUT2D eigenvalue weighted by Gasteiger charge is -2.47. The first-order valence-electron chi connectivity index (χ1n) is 7.93. The maximum atomic E-state index is 10.8. The Morgan fingerprint density at radius 3 is 2.71 bits per heavy atom. The number of rotatable bonds is 4. The molecule has 1 aliphatic carbocycles. The average molecular weight is 292 g/mol. The zero-order chi connectivity index (χ0) is 15.0. The molecule has 1 aliphatic heterocycles. The van der Waals surface area contributed by atoms with Crippen LogP contribution in [0.4, 0.5) is 0 Å². The first kappa shape index (κ1) is 14.5. The van der Waals surface area contributed by atoms with Crippen LogP contribution >= 0.6 is 0 Å². The fourth-order valence-electron chi connectivity index (χ4n) is 3.64. The second-order valence-corrected chi connectivity index (χ2v) is 6.82. The number of aromatic nitrogens is 3. The number of likely N-dealkylation sites (tertiary alicyclic amines) is 1. The number of carboxylic acid groups (broad SMARTS) is 1. The molecule has 2 unspecified atom stereocenters. The van der Waals surface area contributed by atoms with Crippen LogP contribution in [0, 0.1) is 11.8 Å². The number of aromatic carboxylic acids is 1. The number of nitrogens with zero attached hydrogens (tertiary/aromatic N) is 4. The minimum absolute atomic E-state index is 0.0333. The van der Waals surface area contributed by atoms with Gasteiger partial charge >= 0.3 is 5.97 Å². The van der Waals surface area contributed by atoms with E-state index in [0.717, 1.165) is 24.9 Å². The second-order valence-electron chi connectivity index (χ2n) is 6.82. The van der Waals surface area contributed by atoms with Gasteiger partial charge in [-0.3, -0.25) is 4.90 Å². The minimum Gasteiger partial charge on any atom is -0.476 e. The summed E-state index contributed by atoms with van der Waals surface area (Å²) < 4.78 is 1.71. The highest BCUT2D eigenvalue weighted by atomic mass is 16.4. The van der Waals surface area contributed by atoms with Gasteiger partial charge in [-0.15, -0.1) is 5.10 Å². The first-order valence-corrected chi connectivity index (χ1v) is 7.93. The molecule has 0 radical (unpaired) electrons. The summed E-state index contributed by atoms with van der Waals surface area (Å²) in [6.07, 6.45) is 6.86. The average Bonchev–Trinajstić information content (AvgIpc) is 2.87. The fourth-order valence-corrected chi connectivity index (χ4v) is 3.64. The van der Waals surface area contributed by atoms with Crippen molar-refractivity contribution < 1.29 is 9.90 Å². The van der Waals surface area contributed by atoms with Gasteiger partial charge in [0.25, 0.3) is 0 Å². The first-order chi connectivity index (χ1) is 10.0. The van der Waals surface area contributed by atoms with Gasteiger partial charge in [-0.25, -0.2) is 9.48 Å². The van der Waals surface area contributed by atoms with Crippen LogP contribution in [-0.2, 0) is 0 Å². The Hall–Kier alpha value is -1.43. The van der Waals surface area contributed by atoms with E-state index in [9.17, 15) is 4.79 Å². The van der Waals surface area contributed by atoms with E-state index >= 15 is 0 Å². The Morgan fingerprint density at radius 1 is 1.33 bits per heavy atom. The predicted octanol–water partition coefficient (Wildman–Crippen LogP) is 2.05. The molecule has 0 aromatic carbocycles. The fraction of sp³-hybridized carbons (Fsp3) is 0.800. The van der Waals surface area contributed by atoms with E-state index in [-0.39, 0.29) is 11.7 Å². The normalized spacial score (nSPS) is 27.8. The van der Waals surface area contributed by atoms with Crippen LogP contribution < -0.4 is 0 Å². The van der Waals surface area contributed by atoms with E-state index < -0.39 is 5.97 Å². The molecule has 0 bridgehead atoms. The van der Waals surface area contributed by atoms with E-state index in [1.54, 1.807) is 10.9 Å². The molecule has 1 saturated carbocycles. The topological polar surface area (TPSA) is 71.2 Å². The van der Waals surface area contributed by atoms with Gasteiger partial charge in [0.1, 0.15) is 0 Å². The summed E-state index contributed by atoms with van der Waals surface area (Å²) in [4.78, 5) is 13.4. The largest absolute Gasteiger partial charge is 0.476 e. The molecule has 116 valence electrons. The highest BCUT2D eigenvalue weighted by Gasteiger charge is 2.37. The van der Waals surface area contributed by atoms with Crippen LogP contribution in [0.15, 0.2) is 6.20 Å². The van der Waals surface area contributed by atoms with Crippen molar-refractivity contribution in [1.82, 2.24) is 19.9 Å². The van der Waals surface area contributed by atoms with Crippen LogP contribution in [0.25, 0.3) is 0 Å². The highest BCUT2D eigenvalue weighted by Crippen LogP contribution is 2.35. The third-order valence-corrected chi connectivity index (χ3v) is 5.14. The summed E-state index contributed by atoms with van der Waals surface area (Å²) in [6.45, 7) is 6.60. The molecule has 6 nitrogen and oxygen atoms in total. The highest BCUT2D eigenvalue weighted by molar-refractivity contribution is 5.84. The predicted molar refractivity (Wildman–Crippen MR) is 78.2 cm³/mol. The molecular weight excluding hydrogens is 268 g/mol. The maximum Gasteiger partial charge on any atom is 0.358 e. The van der Waals surface area contributed by atoms with Crippen molar-refractivity contribution in [2.45, 2.75) is 51.6 Å². The zero-order valence-electron chi connectivity index (χ0n) is 12.8. The lowest BCUT2D eigenvalue weighted by Crippen LogP contribution is -2.54. The minimum atomic E-state index is -1.01. The smallest absolute Gasteiger partial charge is 0.358 e. The zero-order valence-corrected chi connectivity index (χ0v) is 12.8. The number of hydrogen-bond acceptors (Lipinski definition) is 4. The summed E-state index contributed by atoms with van der Waals surface area (Å²) in [7, 11) is 0. The summed E-state index contributed by atoms with van der Waals surface area (Å²) in [5.74, 6) is 0.621. The molecule has 1 aromatic heterocycles. The third kappa shape index (κ3) is 2.95. The van der Waals surface area contributed by atoms with Gasteiger partial charge in [0.05, 0.1) is 12.2 Å². The lowest BCUT2D eigenvalue weighted by atomic mass is 9.78. The van der Waals surface area contributed by atoms with Crippen LogP contribution in [0.1, 0.15) is 56.1 Å². The molecule has 21 heavy (non-hydrogen) atoms. The summed E-state index contributed by atoms with van der Waals surface area (Å²) in [6, 6.07) is 0.981. The maximum absolute atomic E-state index is 10.8. The van der Waals surface area contributed by atoms with Gasteiger partial charge < -0.3 is 5.11 Å². The number of hydrogen-bond donors (Lipinski definition) is 1. The van der Waals surface area contributed by atoms with E-state index in [1.165, 1.54) is 25.7 Å². The monoisotopic (exact) mass is 292 g/mol. The molecule has 0 amide bonds. The van der Waals surface area contributed by atoms with E-state index in [0.29, 0.717) is 6.04 Å². The van der Waals surface area contributed by atoms with Crippen molar-refractivity contribution in [3.63, 3.8) is 0 Å². The molecule has 1 saturated heterocycles. The molecule has 0 spiro atoms. The molecule has 2 heterocycles. The summed E-state index contributed by atoms with van der Waals surface area (Å²) in [5.41, 5.74) is 0.0333. The molecule has 3 rings (SSSR count). The van der Waals surface area contributed by atoms with E-state index in [1.807, 2.05) is 0 Å². The molecule has 2 fully saturated rings. The van der Waals surface area contributed by atoms with Gasteiger partial charge in [-0.2, -0.15) is 0 Å². The van der Waals surface area contributed by atoms with Crippen molar-refractivity contribution >= 4 is 5.97 Å². The van der Waals surface area contributed by atoms with Crippen LogP contribution in [0.3, 0.4) is 0 Å². The molecule has 1 aromatic rings. The Morgan fingerprint density at radius 2 is 2.10 bits per heavy atom. The van der Waals surface area contributed by atoms with Crippen molar-refractivity contribution in [3.05, 3.63) is 11.9 Å². The molecule has 6 heteroatoms. The standard InChI is InChI=1S/C15H24N4O2/c1-10(2)11-4-3-5-12(6-11)18-7-13(8-18)19-9-14(15(20)21)16-17-19/h9-13H,3-8H2,1-2H3,(H,20,21). The lowest BCUT2D eigenvalue weighted by molar-refractivity contribution is 0.0189. The van der Waals surface area contributed by atoms with Gasteiger partial charge in [-0.1, -0.05) is 31.9 Å². The third-order valence-electron chi connectivity index (χ3n) is 5.14.